The average Bonchev–Trinajstić information content (AvgIpc) is 3.15. The first kappa shape index (κ1) is 16.6. The van der Waals surface area contributed by atoms with Crippen molar-refractivity contribution in [2.45, 2.75) is 19.4 Å². The minimum absolute atomic E-state index is 0.187. The minimum atomic E-state index is -0.630. The lowest BCUT2D eigenvalue weighted by Crippen LogP contribution is -2.44. The molecule has 0 spiro atoms. The maximum atomic E-state index is 12.3. The van der Waals surface area contributed by atoms with Crippen molar-refractivity contribution in [1.82, 2.24) is 10.3 Å². The summed E-state index contributed by atoms with van der Waals surface area (Å²) in [7, 11) is 0. The van der Waals surface area contributed by atoms with Gasteiger partial charge in [-0.1, -0.05) is 0 Å². The van der Waals surface area contributed by atoms with E-state index in [2.05, 4.69) is 15.6 Å². The summed E-state index contributed by atoms with van der Waals surface area (Å²) in [4.78, 5) is 28.6. The summed E-state index contributed by atoms with van der Waals surface area (Å²) in [6, 6.07) is 2.56. The first-order valence-corrected chi connectivity index (χ1v) is 8.94. The van der Waals surface area contributed by atoms with Crippen molar-refractivity contribution >= 4 is 40.0 Å². The molecule has 2 aromatic rings. The van der Waals surface area contributed by atoms with E-state index >= 15 is 0 Å². The van der Waals surface area contributed by atoms with Crippen LogP contribution in [0.4, 0.5) is 5.13 Å². The number of nitrogens with one attached hydrogen (secondary N) is 2. The number of furan rings is 1. The standard InChI is InChI=1S/C14H17N3O3S2/c1-9-8-22-14(15-9)17-12(18)10(5-7-21-2)16-13(19)11-4-3-6-20-11/h3-4,6,8,10H,5,7H2,1-2H3,(H,16,19)(H,15,17,18)/t10-/m1/s1. The Morgan fingerprint density at radius 2 is 2.32 bits per heavy atom. The second-order valence-corrected chi connectivity index (χ2v) is 6.41. The zero-order chi connectivity index (χ0) is 15.9. The lowest BCUT2D eigenvalue weighted by Gasteiger charge is -2.16. The molecule has 0 aliphatic rings. The lowest BCUT2D eigenvalue weighted by molar-refractivity contribution is -0.118. The van der Waals surface area contributed by atoms with Gasteiger partial charge in [0.1, 0.15) is 6.04 Å². The van der Waals surface area contributed by atoms with Gasteiger partial charge >= 0.3 is 0 Å². The number of aryl methyl sites for hydroxylation is 1. The number of carbonyl (C=O) groups excluding carboxylic acids is 2. The molecule has 2 N–H and O–H groups in total. The van der Waals surface area contributed by atoms with Crippen molar-refractivity contribution in [1.29, 1.82) is 0 Å². The molecular formula is C14H17N3O3S2. The van der Waals surface area contributed by atoms with Crippen LogP contribution in [0.2, 0.25) is 0 Å². The Morgan fingerprint density at radius 1 is 1.50 bits per heavy atom. The molecule has 0 radical (unpaired) electrons. The normalized spacial score (nSPS) is 11.9. The molecule has 0 bridgehead atoms. The van der Waals surface area contributed by atoms with Gasteiger partial charge in [-0.25, -0.2) is 4.98 Å². The third kappa shape index (κ3) is 4.60. The van der Waals surface area contributed by atoms with Crippen molar-refractivity contribution in [3.05, 3.63) is 35.2 Å². The van der Waals surface area contributed by atoms with Gasteiger partial charge in [-0.15, -0.1) is 11.3 Å². The largest absolute Gasteiger partial charge is 0.459 e. The van der Waals surface area contributed by atoms with Crippen LogP contribution in [0.5, 0.6) is 0 Å². The molecule has 2 aromatic heterocycles. The molecule has 2 amide bonds. The summed E-state index contributed by atoms with van der Waals surface area (Å²) in [6.07, 6.45) is 3.90. The van der Waals surface area contributed by atoms with Gasteiger partial charge in [-0.3, -0.25) is 9.59 Å². The molecule has 0 saturated heterocycles. The lowest BCUT2D eigenvalue weighted by atomic mass is 10.2. The molecule has 0 saturated carbocycles. The highest BCUT2D eigenvalue weighted by atomic mass is 32.2. The zero-order valence-electron chi connectivity index (χ0n) is 12.3. The smallest absolute Gasteiger partial charge is 0.287 e. The number of hydrogen-bond donors (Lipinski definition) is 2. The fourth-order valence-corrected chi connectivity index (χ4v) is 2.91. The van der Waals surface area contributed by atoms with E-state index in [9.17, 15) is 9.59 Å². The van der Waals surface area contributed by atoms with Gasteiger partial charge in [0.05, 0.1) is 12.0 Å². The molecule has 0 aliphatic heterocycles. The maximum absolute atomic E-state index is 12.3. The SMILES string of the molecule is CSCC[C@@H](NC(=O)c1ccco1)C(=O)Nc1nc(C)cs1. The van der Waals surface area contributed by atoms with Crippen LogP contribution in [-0.4, -0.2) is 34.8 Å². The van der Waals surface area contributed by atoms with Crippen molar-refractivity contribution in [2.24, 2.45) is 0 Å². The van der Waals surface area contributed by atoms with Gasteiger partial charge in [-0.2, -0.15) is 11.8 Å². The fourth-order valence-electron chi connectivity index (χ4n) is 1.75. The van der Waals surface area contributed by atoms with Crippen molar-refractivity contribution in [3.63, 3.8) is 0 Å². The number of hydrogen-bond acceptors (Lipinski definition) is 6. The van der Waals surface area contributed by atoms with E-state index in [0.29, 0.717) is 11.6 Å². The summed E-state index contributed by atoms with van der Waals surface area (Å²) >= 11 is 2.97. The fraction of sp³-hybridized carbons (Fsp3) is 0.357. The van der Waals surface area contributed by atoms with Gasteiger partial charge in [0.15, 0.2) is 10.9 Å². The maximum Gasteiger partial charge on any atom is 0.287 e. The van der Waals surface area contributed by atoms with E-state index in [1.165, 1.54) is 17.6 Å². The Labute approximate surface area is 136 Å². The molecule has 0 aliphatic carbocycles. The van der Waals surface area contributed by atoms with E-state index in [1.54, 1.807) is 23.9 Å². The number of rotatable bonds is 7. The average molecular weight is 339 g/mol. The summed E-state index contributed by atoms with van der Waals surface area (Å²) in [6.45, 7) is 1.86. The summed E-state index contributed by atoms with van der Waals surface area (Å²) in [5.41, 5.74) is 0.848. The molecule has 0 aromatic carbocycles. The van der Waals surface area contributed by atoms with Gasteiger partial charge in [0.2, 0.25) is 5.91 Å². The number of nitrogens with zero attached hydrogens (tertiary/aromatic N) is 1. The third-order valence-corrected chi connectivity index (χ3v) is 4.35. The first-order valence-electron chi connectivity index (χ1n) is 6.66. The van der Waals surface area contributed by atoms with Crippen LogP contribution in [0, 0.1) is 6.92 Å². The predicted molar refractivity (Wildman–Crippen MR) is 88.4 cm³/mol. The summed E-state index contributed by atoms with van der Waals surface area (Å²) in [5, 5.41) is 7.82. The highest BCUT2D eigenvalue weighted by Gasteiger charge is 2.23. The van der Waals surface area contributed by atoms with Crippen LogP contribution in [-0.2, 0) is 4.79 Å². The van der Waals surface area contributed by atoms with E-state index in [0.717, 1.165) is 11.4 Å². The topological polar surface area (TPSA) is 84.2 Å². The van der Waals surface area contributed by atoms with Crippen molar-refractivity contribution < 1.29 is 14.0 Å². The van der Waals surface area contributed by atoms with Gasteiger partial charge < -0.3 is 15.1 Å². The van der Waals surface area contributed by atoms with Gasteiger partial charge in [0, 0.05) is 5.38 Å². The van der Waals surface area contributed by atoms with Crippen LogP contribution < -0.4 is 10.6 Å². The van der Waals surface area contributed by atoms with Crippen LogP contribution in [0.25, 0.3) is 0 Å². The van der Waals surface area contributed by atoms with Crippen LogP contribution >= 0.6 is 23.1 Å². The number of thioether (sulfide) groups is 1. The quantitative estimate of drug-likeness (QED) is 0.810. The molecule has 0 fully saturated rings. The molecule has 118 valence electrons. The Bertz CT molecular complexity index is 625. The van der Waals surface area contributed by atoms with Crippen molar-refractivity contribution in [2.75, 3.05) is 17.3 Å². The highest BCUT2D eigenvalue weighted by Crippen LogP contribution is 2.15. The van der Waals surface area contributed by atoms with Crippen LogP contribution in [0.15, 0.2) is 28.2 Å². The molecule has 0 unspecified atom stereocenters. The van der Waals surface area contributed by atoms with Crippen LogP contribution in [0.1, 0.15) is 22.7 Å². The molecule has 8 heteroatoms. The number of carbonyl (C=O) groups is 2. The second-order valence-electron chi connectivity index (χ2n) is 4.57. The molecule has 2 heterocycles. The molecule has 1 atom stereocenters. The zero-order valence-corrected chi connectivity index (χ0v) is 13.9. The predicted octanol–water partition coefficient (Wildman–Crippen LogP) is 2.53. The first-order chi connectivity index (χ1) is 10.6. The summed E-state index contributed by atoms with van der Waals surface area (Å²) < 4.78 is 5.04. The summed E-state index contributed by atoms with van der Waals surface area (Å²) in [5.74, 6) is 0.268. The Balaban J connectivity index is 2.01. The van der Waals surface area contributed by atoms with Crippen molar-refractivity contribution in [3.8, 4) is 0 Å². The van der Waals surface area contributed by atoms with Crippen LogP contribution in [0.3, 0.4) is 0 Å². The molecule has 6 nitrogen and oxygen atoms in total. The molecular weight excluding hydrogens is 322 g/mol. The van der Waals surface area contributed by atoms with E-state index in [1.807, 2.05) is 18.6 Å². The van der Waals surface area contributed by atoms with Gasteiger partial charge in [0.25, 0.3) is 5.91 Å². The number of anilines is 1. The minimum Gasteiger partial charge on any atom is -0.459 e. The van der Waals surface area contributed by atoms with E-state index in [4.69, 9.17) is 4.42 Å². The Hall–Kier alpha value is -1.80. The monoisotopic (exact) mass is 339 g/mol. The Morgan fingerprint density at radius 3 is 2.91 bits per heavy atom. The van der Waals surface area contributed by atoms with E-state index < -0.39 is 11.9 Å². The second kappa shape index (κ2) is 8.00. The highest BCUT2D eigenvalue weighted by molar-refractivity contribution is 7.98. The number of aromatic nitrogens is 1. The molecule has 2 rings (SSSR count). The third-order valence-electron chi connectivity index (χ3n) is 2.83. The number of thiazole rings is 1. The Kier molecular flexibility index (Phi) is 6.02. The number of amides is 2. The molecule has 22 heavy (non-hydrogen) atoms. The van der Waals surface area contributed by atoms with E-state index in [-0.39, 0.29) is 11.7 Å². The van der Waals surface area contributed by atoms with Gasteiger partial charge in [-0.05, 0) is 37.5 Å².